The fraction of sp³-hybridized carbons (Fsp3) is 0.818. The number of amides is 1. The third kappa shape index (κ3) is 2.52. The summed E-state index contributed by atoms with van der Waals surface area (Å²) in [6, 6.07) is 0. The Morgan fingerprint density at radius 1 is 1.25 bits per heavy atom. The fourth-order valence-electron chi connectivity index (χ4n) is 2.11. The van der Waals surface area contributed by atoms with E-state index in [2.05, 4.69) is 10.2 Å². The van der Waals surface area contributed by atoms with Crippen LogP contribution in [-0.4, -0.2) is 47.1 Å². The molecule has 1 saturated carbocycles. The van der Waals surface area contributed by atoms with Gasteiger partial charge in [-0.05, 0) is 38.8 Å². The van der Waals surface area contributed by atoms with E-state index in [4.69, 9.17) is 5.11 Å². The number of nitrogens with zero attached hydrogens (tertiary/aromatic N) is 1. The Labute approximate surface area is 94.8 Å². The minimum absolute atomic E-state index is 0.133. The van der Waals surface area contributed by atoms with E-state index in [9.17, 15) is 9.59 Å². The number of likely N-dealkylation sites (tertiary alicyclic amines) is 1. The van der Waals surface area contributed by atoms with Crippen LogP contribution in [0, 0.1) is 0 Å². The molecule has 0 radical (unpaired) electrons. The molecule has 1 amide bonds. The number of rotatable bonds is 5. The van der Waals surface area contributed by atoms with Crippen molar-refractivity contribution in [1.29, 1.82) is 0 Å². The third-order valence-corrected chi connectivity index (χ3v) is 3.39. The van der Waals surface area contributed by atoms with Gasteiger partial charge < -0.3 is 15.3 Å². The first kappa shape index (κ1) is 11.4. The van der Waals surface area contributed by atoms with E-state index >= 15 is 0 Å². The van der Waals surface area contributed by atoms with Gasteiger partial charge in [0.2, 0.25) is 5.91 Å². The van der Waals surface area contributed by atoms with Gasteiger partial charge in [-0.15, -0.1) is 0 Å². The van der Waals surface area contributed by atoms with Gasteiger partial charge >= 0.3 is 5.97 Å². The van der Waals surface area contributed by atoms with Crippen molar-refractivity contribution in [2.75, 3.05) is 19.6 Å². The lowest BCUT2D eigenvalue weighted by Gasteiger charge is -2.16. The molecule has 0 aromatic heterocycles. The van der Waals surface area contributed by atoms with E-state index in [-0.39, 0.29) is 5.91 Å². The van der Waals surface area contributed by atoms with Gasteiger partial charge in [-0.25, -0.2) is 4.79 Å². The highest BCUT2D eigenvalue weighted by Gasteiger charge is 2.51. The molecule has 1 aliphatic heterocycles. The monoisotopic (exact) mass is 226 g/mol. The van der Waals surface area contributed by atoms with Crippen LogP contribution in [0.25, 0.3) is 0 Å². The van der Waals surface area contributed by atoms with Crippen molar-refractivity contribution >= 4 is 11.9 Å². The second kappa shape index (κ2) is 4.41. The Morgan fingerprint density at radius 3 is 2.38 bits per heavy atom. The molecule has 90 valence electrons. The maximum absolute atomic E-state index is 11.6. The summed E-state index contributed by atoms with van der Waals surface area (Å²) in [4.78, 5) is 24.7. The summed E-state index contributed by atoms with van der Waals surface area (Å²) in [6.07, 6.45) is 3.96. The van der Waals surface area contributed by atoms with Crippen LogP contribution in [0.3, 0.4) is 0 Å². The zero-order valence-electron chi connectivity index (χ0n) is 9.37. The molecule has 2 fully saturated rings. The normalized spacial score (nSPS) is 23.0. The highest BCUT2D eigenvalue weighted by Crippen LogP contribution is 2.35. The second-order valence-corrected chi connectivity index (χ2v) is 4.73. The predicted octanol–water partition coefficient (Wildman–Crippen LogP) is 0.206. The summed E-state index contributed by atoms with van der Waals surface area (Å²) in [5.41, 5.74) is -0.928. The Bertz CT molecular complexity index is 294. The van der Waals surface area contributed by atoms with E-state index in [1.165, 1.54) is 12.8 Å². The zero-order chi connectivity index (χ0) is 11.6. The molecular formula is C11H18N2O3. The minimum atomic E-state index is -0.928. The molecule has 5 heteroatoms. The minimum Gasteiger partial charge on any atom is -0.480 e. The summed E-state index contributed by atoms with van der Waals surface area (Å²) in [5.74, 6) is -1.03. The first-order chi connectivity index (χ1) is 7.62. The molecule has 2 rings (SSSR count). The van der Waals surface area contributed by atoms with Crippen LogP contribution in [-0.2, 0) is 9.59 Å². The van der Waals surface area contributed by atoms with Crippen LogP contribution in [0.15, 0.2) is 0 Å². The van der Waals surface area contributed by atoms with Crippen molar-refractivity contribution in [3.8, 4) is 0 Å². The lowest BCUT2D eigenvalue weighted by molar-refractivity contribution is -0.143. The molecule has 0 atom stereocenters. The van der Waals surface area contributed by atoms with E-state index in [0.29, 0.717) is 19.3 Å². The fourth-order valence-corrected chi connectivity index (χ4v) is 2.11. The highest BCUT2D eigenvalue weighted by atomic mass is 16.4. The van der Waals surface area contributed by atoms with Crippen molar-refractivity contribution < 1.29 is 14.7 Å². The summed E-state index contributed by atoms with van der Waals surface area (Å²) in [6.45, 7) is 2.89. The first-order valence-electron chi connectivity index (χ1n) is 5.89. The first-order valence-corrected chi connectivity index (χ1v) is 5.89. The standard InChI is InChI=1S/C11H18N2O3/c14-9(3-8-13-6-1-2-7-13)12-11(4-5-11)10(15)16/h1-8H2,(H,12,14)(H,15,16). The quantitative estimate of drug-likeness (QED) is 0.703. The molecule has 1 heterocycles. The Hall–Kier alpha value is -1.10. The van der Waals surface area contributed by atoms with Gasteiger partial charge in [0.25, 0.3) is 0 Å². The molecule has 1 saturated heterocycles. The molecule has 0 bridgehead atoms. The summed E-state index contributed by atoms with van der Waals surface area (Å²) >= 11 is 0. The van der Waals surface area contributed by atoms with Crippen molar-refractivity contribution in [2.24, 2.45) is 0 Å². The molecule has 16 heavy (non-hydrogen) atoms. The average molecular weight is 226 g/mol. The van der Waals surface area contributed by atoms with Crippen LogP contribution >= 0.6 is 0 Å². The van der Waals surface area contributed by atoms with Crippen molar-refractivity contribution in [3.05, 3.63) is 0 Å². The Morgan fingerprint density at radius 2 is 1.88 bits per heavy atom. The lowest BCUT2D eigenvalue weighted by Crippen LogP contribution is -2.43. The number of aliphatic carboxylic acids is 1. The third-order valence-electron chi connectivity index (χ3n) is 3.39. The number of nitrogens with one attached hydrogen (secondary N) is 1. The number of carboxylic acids is 1. The highest BCUT2D eigenvalue weighted by molar-refractivity contribution is 5.89. The zero-order valence-corrected chi connectivity index (χ0v) is 9.37. The predicted molar refractivity (Wildman–Crippen MR) is 58.0 cm³/mol. The number of carbonyl (C=O) groups is 2. The number of hydrogen-bond donors (Lipinski definition) is 2. The van der Waals surface area contributed by atoms with Crippen LogP contribution < -0.4 is 5.32 Å². The number of carbonyl (C=O) groups excluding carboxylic acids is 1. The van der Waals surface area contributed by atoms with Gasteiger partial charge in [0.05, 0.1) is 0 Å². The van der Waals surface area contributed by atoms with Crippen LogP contribution in [0.4, 0.5) is 0 Å². The molecular weight excluding hydrogens is 208 g/mol. The van der Waals surface area contributed by atoms with Crippen LogP contribution in [0.5, 0.6) is 0 Å². The summed E-state index contributed by atoms with van der Waals surface area (Å²) < 4.78 is 0. The Kier molecular flexibility index (Phi) is 3.14. The maximum Gasteiger partial charge on any atom is 0.329 e. The average Bonchev–Trinajstić information content (AvgIpc) is 2.84. The second-order valence-electron chi connectivity index (χ2n) is 4.73. The molecule has 5 nitrogen and oxygen atoms in total. The lowest BCUT2D eigenvalue weighted by atomic mass is 10.2. The maximum atomic E-state index is 11.6. The van der Waals surface area contributed by atoms with Gasteiger partial charge in [0.15, 0.2) is 0 Å². The van der Waals surface area contributed by atoms with Crippen molar-refractivity contribution in [2.45, 2.75) is 37.6 Å². The van der Waals surface area contributed by atoms with Gasteiger partial charge in [-0.2, -0.15) is 0 Å². The molecule has 0 spiro atoms. The van der Waals surface area contributed by atoms with E-state index in [1.807, 2.05) is 0 Å². The molecule has 2 N–H and O–H groups in total. The molecule has 0 aromatic rings. The molecule has 1 aliphatic carbocycles. The van der Waals surface area contributed by atoms with Gasteiger partial charge in [-0.3, -0.25) is 4.79 Å². The van der Waals surface area contributed by atoms with Crippen LogP contribution in [0.2, 0.25) is 0 Å². The number of hydrogen-bond acceptors (Lipinski definition) is 3. The Balaban J connectivity index is 1.70. The molecule has 0 aromatic carbocycles. The summed E-state index contributed by atoms with van der Waals surface area (Å²) in [5, 5.41) is 11.5. The van der Waals surface area contributed by atoms with E-state index in [0.717, 1.165) is 19.6 Å². The van der Waals surface area contributed by atoms with Gasteiger partial charge in [0, 0.05) is 13.0 Å². The SMILES string of the molecule is O=C(CCN1CCCC1)NC1(C(=O)O)CC1. The van der Waals surface area contributed by atoms with Crippen molar-refractivity contribution in [3.63, 3.8) is 0 Å². The summed E-state index contributed by atoms with van der Waals surface area (Å²) in [7, 11) is 0. The van der Waals surface area contributed by atoms with Gasteiger partial charge in [0.1, 0.15) is 5.54 Å². The largest absolute Gasteiger partial charge is 0.480 e. The van der Waals surface area contributed by atoms with E-state index in [1.54, 1.807) is 0 Å². The molecule has 2 aliphatic rings. The smallest absolute Gasteiger partial charge is 0.329 e. The molecule has 0 unspecified atom stereocenters. The van der Waals surface area contributed by atoms with E-state index < -0.39 is 11.5 Å². The van der Waals surface area contributed by atoms with Gasteiger partial charge in [-0.1, -0.05) is 0 Å². The number of carboxylic acid groups (broad SMARTS) is 1. The topological polar surface area (TPSA) is 69.6 Å². The van der Waals surface area contributed by atoms with Crippen molar-refractivity contribution in [1.82, 2.24) is 10.2 Å². The van der Waals surface area contributed by atoms with Crippen LogP contribution in [0.1, 0.15) is 32.1 Å².